The molecule has 2 rings (SSSR count). The Kier molecular flexibility index (Phi) is 12.3. The Morgan fingerprint density at radius 2 is 1.23 bits per heavy atom. The van der Waals surface area contributed by atoms with Crippen molar-refractivity contribution < 1.29 is 28.5 Å². The van der Waals surface area contributed by atoms with Gasteiger partial charge in [0.05, 0.1) is 51.0 Å². The van der Waals surface area contributed by atoms with Gasteiger partial charge >= 0.3 is 5.97 Å². The summed E-state index contributed by atoms with van der Waals surface area (Å²) in [6.45, 7) is 6.56. The molecule has 166 valence electrons. The second-order valence-corrected chi connectivity index (χ2v) is 6.09. The van der Waals surface area contributed by atoms with Crippen molar-refractivity contribution in [1.29, 1.82) is 0 Å². The Labute approximate surface area is 182 Å². The van der Waals surface area contributed by atoms with Crippen molar-refractivity contribution >= 4 is 17.3 Å². The molecule has 0 atom stereocenters. The van der Waals surface area contributed by atoms with Crippen LogP contribution in [0.1, 0.15) is 0 Å². The molecule has 0 fully saturated rings. The number of benzene rings is 2. The molecule has 8 nitrogen and oxygen atoms in total. The van der Waals surface area contributed by atoms with Gasteiger partial charge in [-0.3, -0.25) is 0 Å². The number of rotatable bonds is 16. The molecule has 0 aliphatic carbocycles. The molecular formula is C23H28N2O6. The maximum absolute atomic E-state index is 10.8. The molecule has 0 aliphatic heterocycles. The van der Waals surface area contributed by atoms with Crippen molar-refractivity contribution in [2.75, 3.05) is 52.9 Å². The highest BCUT2D eigenvalue weighted by Gasteiger charge is 1.97. The molecule has 0 saturated heterocycles. The zero-order chi connectivity index (χ0) is 22.0. The maximum Gasteiger partial charge on any atom is 0.330 e. The molecule has 0 unspecified atom stereocenters. The molecule has 0 N–H and O–H groups in total. The van der Waals surface area contributed by atoms with Crippen LogP contribution in [0.3, 0.4) is 0 Å². The van der Waals surface area contributed by atoms with E-state index in [0.717, 1.165) is 23.2 Å². The van der Waals surface area contributed by atoms with Crippen LogP contribution >= 0.6 is 0 Å². The molecule has 0 bridgehead atoms. The van der Waals surface area contributed by atoms with Crippen molar-refractivity contribution in [2.45, 2.75) is 0 Å². The van der Waals surface area contributed by atoms with Crippen molar-refractivity contribution in [3.63, 3.8) is 0 Å². The van der Waals surface area contributed by atoms with Gasteiger partial charge in [0.1, 0.15) is 19.0 Å². The summed E-state index contributed by atoms with van der Waals surface area (Å²) in [6, 6.07) is 17.0. The number of carbonyl (C=O) groups is 1. The number of ether oxygens (including phenoxy) is 5. The first-order chi connectivity index (χ1) is 15.3. The van der Waals surface area contributed by atoms with E-state index in [0.29, 0.717) is 46.2 Å². The van der Waals surface area contributed by atoms with Crippen molar-refractivity contribution in [3.8, 4) is 5.75 Å². The highest BCUT2D eigenvalue weighted by molar-refractivity contribution is 5.81. The minimum atomic E-state index is -0.455. The fraction of sp³-hybridized carbons (Fsp3) is 0.348. The smallest absolute Gasteiger partial charge is 0.330 e. The van der Waals surface area contributed by atoms with Crippen LogP contribution < -0.4 is 4.74 Å². The predicted octanol–water partition coefficient (Wildman–Crippen LogP) is 4.26. The van der Waals surface area contributed by atoms with Crippen LogP contribution in [0.25, 0.3) is 0 Å². The quantitative estimate of drug-likeness (QED) is 0.172. The second kappa shape index (κ2) is 15.7. The minimum absolute atomic E-state index is 0.203. The highest BCUT2D eigenvalue weighted by atomic mass is 16.6. The lowest BCUT2D eigenvalue weighted by molar-refractivity contribution is -0.139. The Balaban J connectivity index is 1.43. The summed E-state index contributed by atoms with van der Waals surface area (Å²) in [4.78, 5) is 10.8. The molecule has 0 saturated carbocycles. The van der Waals surface area contributed by atoms with E-state index in [1.807, 2.05) is 54.6 Å². The van der Waals surface area contributed by atoms with Gasteiger partial charge in [-0.25, -0.2) is 4.79 Å². The van der Waals surface area contributed by atoms with E-state index in [1.165, 1.54) is 0 Å². The monoisotopic (exact) mass is 428 g/mol. The van der Waals surface area contributed by atoms with Crippen LogP contribution in [0.2, 0.25) is 0 Å². The van der Waals surface area contributed by atoms with E-state index in [4.69, 9.17) is 23.7 Å². The van der Waals surface area contributed by atoms with Gasteiger partial charge in [0.2, 0.25) is 0 Å². The van der Waals surface area contributed by atoms with E-state index in [1.54, 1.807) is 0 Å². The van der Waals surface area contributed by atoms with E-state index in [-0.39, 0.29) is 6.61 Å². The lowest BCUT2D eigenvalue weighted by Crippen LogP contribution is -2.14. The molecule has 0 radical (unpaired) electrons. The van der Waals surface area contributed by atoms with Gasteiger partial charge in [-0.05, 0) is 36.4 Å². The van der Waals surface area contributed by atoms with Crippen molar-refractivity contribution in [3.05, 3.63) is 67.3 Å². The van der Waals surface area contributed by atoms with Crippen LogP contribution in [0.5, 0.6) is 5.75 Å². The number of hydrogen-bond acceptors (Lipinski definition) is 8. The summed E-state index contributed by atoms with van der Waals surface area (Å²) in [6.07, 6.45) is 1.12. The number of carbonyl (C=O) groups excluding carboxylic acids is 1. The molecule has 8 heteroatoms. The first-order valence-electron chi connectivity index (χ1n) is 10.00. The summed E-state index contributed by atoms with van der Waals surface area (Å²) in [5.41, 5.74) is 1.56. The largest absolute Gasteiger partial charge is 0.491 e. The van der Waals surface area contributed by atoms with Gasteiger partial charge in [-0.2, -0.15) is 10.2 Å². The van der Waals surface area contributed by atoms with E-state index < -0.39 is 5.97 Å². The molecule has 0 heterocycles. The highest BCUT2D eigenvalue weighted by Crippen LogP contribution is 2.21. The lowest BCUT2D eigenvalue weighted by Gasteiger charge is -2.08. The fourth-order valence-electron chi connectivity index (χ4n) is 2.24. The minimum Gasteiger partial charge on any atom is -0.491 e. The predicted molar refractivity (Wildman–Crippen MR) is 116 cm³/mol. The Hall–Kier alpha value is -3.07. The Bertz CT molecular complexity index is 780. The zero-order valence-electron chi connectivity index (χ0n) is 17.5. The van der Waals surface area contributed by atoms with Crippen LogP contribution in [-0.4, -0.2) is 58.8 Å². The van der Waals surface area contributed by atoms with Crippen molar-refractivity contribution in [1.82, 2.24) is 0 Å². The third-order valence-electron chi connectivity index (χ3n) is 3.75. The molecule has 0 aromatic heterocycles. The maximum atomic E-state index is 10.8. The number of esters is 1. The molecular weight excluding hydrogens is 400 g/mol. The summed E-state index contributed by atoms with van der Waals surface area (Å²) in [5, 5.41) is 8.37. The van der Waals surface area contributed by atoms with Crippen LogP contribution in [0, 0.1) is 0 Å². The molecule has 2 aromatic rings. The zero-order valence-corrected chi connectivity index (χ0v) is 17.5. The first kappa shape index (κ1) is 24.2. The van der Waals surface area contributed by atoms with Gasteiger partial charge in [-0.1, -0.05) is 24.8 Å². The van der Waals surface area contributed by atoms with Crippen molar-refractivity contribution in [2.24, 2.45) is 10.2 Å². The van der Waals surface area contributed by atoms with Gasteiger partial charge < -0.3 is 23.7 Å². The topological polar surface area (TPSA) is 87.9 Å². The van der Waals surface area contributed by atoms with E-state index >= 15 is 0 Å². The summed E-state index contributed by atoms with van der Waals surface area (Å²) < 4.78 is 26.5. The average molecular weight is 428 g/mol. The SMILES string of the molecule is C=CC(=O)OCCOCCOCCOCCOc1ccc(N=Nc2ccccc2)cc1. The third kappa shape index (κ3) is 11.6. The van der Waals surface area contributed by atoms with Gasteiger partial charge in [0.25, 0.3) is 0 Å². The van der Waals surface area contributed by atoms with Gasteiger partial charge in [-0.15, -0.1) is 0 Å². The molecule has 0 aliphatic rings. The average Bonchev–Trinajstić information content (AvgIpc) is 2.82. The standard InChI is InChI=1S/C23H28N2O6/c1-2-23(26)31-19-17-29-15-13-27-12-14-28-16-18-30-22-10-8-21(9-11-22)25-24-20-6-4-3-5-7-20/h2-11H,1,12-19H2. The van der Waals surface area contributed by atoms with Gasteiger partial charge in [0, 0.05) is 6.08 Å². The molecule has 0 amide bonds. The van der Waals surface area contributed by atoms with E-state index in [9.17, 15) is 4.79 Å². The Morgan fingerprint density at radius 1 is 0.710 bits per heavy atom. The van der Waals surface area contributed by atoms with E-state index in [2.05, 4.69) is 16.8 Å². The number of hydrogen-bond donors (Lipinski definition) is 0. The summed E-state index contributed by atoms with van der Waals surface area (Å²) in [5.74, 6) is 0.290. The van der Waals surface area contributed by atoms with Gasteiger partial charge in [0.15, 0.2) is 0 Å². The molecule has 2 aromatic carbocycles. The normalized spacial score (nSPS) is 10.8. The molecule has 0 spiro atoms. The fourth-order valence-corrected chi connectivity index (χ4v) is 2.24. The van der Waals surface area contributed by atoms with Crippen LogP contribution in [-0.2, 0) is 23.7 Å². The molecule has 31 heavy (non-hydrogen) atoms. The Morgan fingerprint density at radius 3 is 1.81 bits per heavy atom. The first-order valence-corrected chi connectivity index (χ1v) is 10.00. The lowest BCUT2D eigenvalue weighted by atomic mass is 10.3. The van der Waals surface area contributed by atoms with Crippen LogP contribution in [0.15, 0.2) is 77.5 Å². The second-order valence-electron chi connectivity index (χ2n) is 6.09. The summed E-state index contributed by atoms with van der Waals surface area (Å²) in [7, 11) is 0. The van der Waals surface area contributed by atoms with Crippen LogP contribution in [0.4, 0.5) is 11.4 Å². The third-order valence-corrected chi connectivity index (χ3v) is 3.75. The number of azo groups is 1. The number of nitrogens with zero attached hydrogens (tertiary/aromatic N) is 2. The summed E-state index contributed by atoms with van der Waals surface area (Å²) >= 11 is 0.